The molecule has 0 atom stereocenters. The zero-order valence-electron chi connectivity index (χ0n) is 12.2. The van der Waals surface area contributed by atoms with Gasteiger partial charge in [0.25, 0.3) is 0 Å². The van der Waals surface area contributed by atoms with E-state index in [0.717, 1.165) is 35.5 Å². The molecule has 1 fully saturated rings. The summed E-state index contributed by atoms with van der Waals surface area (Å²) in [6.45, 7) is 2.23. The van der Waals surface area contributed by atoms with E-state index >= 15 is 0 Å². The third kappa shape index (κ3) is 2.44. The monoisotopic (exact) mass is 312 g/mol. The molecule has 112 valence electrons. The molecule has 0 radical (unpaired) electrons. The molecule has 3 aromatic rings. The lowest BCUT2D eigenvalue weighted by Crippen LogP contribution is -2.29. The van der Waals surface area contributed by atoms with Crippen molar-refractivity contribution >= 4 is 28.3 Å². The number of halogens is 1. The second-order valence-corrected chi connectivity index (χ2v) is 6.10. The highest BCUT2D eigenvalue weighted by Crippen LogP contribution is 2.32. The zero-order valence-corrected chi connectivity index (χ0v) is 13.0. The number of hydrogen-bond acceptors (Lipinski definition) is 3. The van der Waals surface area contributed by atoms with Gasteiger partial charge in [0.15, 0.2) is 0 Å². The molecule has 1 saturated heterocycles. The first-order chi connectivity index (χ1) is 10.8. The lowest BCUT2D eigenvalue weighted by molar-refractivity contribution is 0.578. The number of hydrogen-bond donors (Lipinski definition) is 1. The number of nitrogens with zero attached hydrogens (tertiary/aromatic N) is 3. The van der Waals surface area contributed by atoms with Crippen LogP contribution in [-0.2, 0) is 0 Å². The first-order valence-electron chi connectivity index (χ1n) is 7.66. The second kappa shape index (κ2) is 5.61. The summed E-state index contributed by atoms with van der Waals surface area (Å²) in [5.74, 6) is 0.798. The molecule has 1 N–H and O–H groups in total. The Hall–Kier alpha value is -2.07. The summed E-state index contributed by atoms with van der Waals surface area (Å²) >= 11 is 6.40. The van der Waals surface area contributed by atoms with Crippen LogP contribution >= 0.6 is 11.6 Å². The first-order valence-corrected chi connectivity index (χ1v) is 8.04. The fourth-order valence-electron chi connectivity index (χ4n) is 3.03. The molecule has 1 aliphatic heterocycles. The van der Waals surface area contributed by atoms with E-state index in [0.29, 0.717) is 5.02 Å². The van der Waals surface area contributed by atoms with Crippen molar-refractivity contribution in [3.8, 4) is 11.4 Å². The van der Waals surface area contributed by atoms with E-state index < -0.39 is 0 Å². The molecule has 0 aliphatic carbocycles. The molecular weight excluding hydrogens is 296 g/mol. The number of H-pyrrole nitrogens is 1. The highest BCUT2D eigenvalue weighted by atomic mass is 35.5. The number of rotatable bonds is 2. The van der Waals surface area contributed by atoms with Crippen molar-refractivity contribution in [1.29, 1.82) is 0 Å². The fourth-order valence-corrected chi connectivity index (χ4v) is 3.24. The van der Waals surface area contributed by atoms with E-state index in [1.165, 1.54) is 24.9 Å². The van der Waals surface area contributed by atoms with Gasteiger partial charge in [0.2, 0.25) is 0 Å². The average Bonchev–Trinajstić information content (AvgIpc) is 3.00. The SMILES string of the molecule is Clc1ccc(N2CCCCC2)cc1-c1nc2ccncc2[nH]1. The molecule has 0 bridgehead atoms. The Bertz CT molecular complexity index is 772. The summed E-state index contributed by atoms with van der Waals surface area (Å²) in [5.41, 5.74) is 4.00. The molecular formula is C17H17ClN4. The van der Waals surface area contributed by atoms with Crippen LogP contribution in [0.25, 0.3) is 22.4 Å². The van der Waals surface area contributed by atoms with Gasteiger partial charge in [0.1, 0.15) is 5.82 Å². The van der Waals surface area contributed by atoms with Crippen LogP contribution in [0.5, 0.6) is 0 Å². The summed E-state index contributed by atoms with van der Waals surface area (Å²) < 4.78 is 0. The number of aromatic nitrogens is 3. The average molecular weight is 313 g/mol. The van der Waals surface area contributed by atoms with Crippen LogP contribution in [0.4, 0.5) is 5.69 Å². The Kier molecular flexibility index (Phi) is 3.47. The Balaban J connectivity index is 1.76. The van der Waals surface area contributed by atoms with E-state index in [2.05, 4.69) is 32.0 Å². The number of piperidine rings is 1. The maximum absolute atomic E-state index is 6.40. The Morgan fingerprint density at radius 1 is 1.09 bits per heavy atom. The number of anilines is 1. The molecule has 5 heteroatoms. The van der Waals surface area contributed by atoms with E-state index in [9.17, 15) is 0 Å². The highest BCUT2D eigenvalue weighted by Gasteiger charge is 2.15. The third-order valence-electron chi connectivity index (χ3n) is 4.21. The van der Waals surface area contributed by atoms with Gasteiger partial charge in [-0.25, -0.2) is 4.98 Å². The van der Waals surface area contributed by atoms with Crippen molar-refractivity contribution in [2.75, 3.05) is 18.0 Å². The molecule has 1 aromatic carbocycles. The maximum atomic E-state index is 6.40. The molecule has 3 heterocycles. The summed E-state index contributed by atoms with van der Waals surface area (Å²) in [6.07, 6.45) is 7.38. The number of nitrogens with one attached hydrogen (secondary N) is 1. The van der Waals surface area contributed by atoms with Crippen molar-refractivity contribution in [3.63, 3.8) is 0 Å². The van der Waals surface area contributed by atoms with Gasteiger partial charge in [0, 0.05) is 30.5 Å². The molecule has 2 aromatic heterocycles. The Labute approximate surface area is 134 Å². The van der Waals surface area contributed by atoms with Crippen molar-refractivity contribution in [3.05, 3.63) is 41.7 Å². The maximum Gasteiger partial charge on any atom is 0.140 e. The third-order valence-corrected chi connectivity index (χ3v) is 4.54. The van der Waals surface area contributed by atoms with Gasteiger partial charge in [-0.3, -0.25) is 4.98 Å². The molecule has 0 spiro atoms. The topological polar surface area (TPSA) is 44.8 Å². The van der Waals surface area contributed by atoms with Crippen LogP contribution in [0.1, 0.15) is 19.3 Å². The zero-order chi connectivity index (χ0) is 14.9. The van der Waals surface area contributed by atoms with Gasteiger partial charge in [-0.1, -0.05) is 11.6 Å². The van der Waals surface area contributed by atoms with Crippen molar-refractivity contribution in [1.82, 2.24) is 15.0 Å². The largest absolute Gasteiger partial charge is 0.372 e. The second-order valence-electron chi connectivity index (χ2n) is 5.69. The molecule has 0 saturated carbocycles. The van der Waals surface area contributed by atoms with E-state index in [4.69, 9.17) is 11.6 Å². The van der Waals surface area contributed by atoms with E-state index in [-0.39, 0.29) is 0 Å². The molecule has 4 nitrogen and oxygen atoms in total. The molecule has 1 aliphatic rings. The first kappa shape index (κ1) is 13.6. The van der Waals surface area contributed by atoms with Crippen LogP contribution in [-0.4, -0.2) is 28.0 Å². The normalized spacial score (nSPS) is 15.4. The van der Waals surface area contributed by atoms with Crippen LogP contribution in [0, 0.1) is 0 Å². The van der Waals surface area contributed by atoms with Gasteiger partial charge in [-0.05, 0) is 43.5 Å². The van der Waals surface area contributed by atoms with E-state index in [1.807, 2.05) is 12.1 Å². The quantitative estimate of drug-likeness (QED) is 0.768. The number of aromatic amines is 1. The van der Waals surface area contributed by atoms with Crippen molar-refractivity contribution < 1.29 is 0 Å². The van der Waals surface area contributed by atoms with Crippen molar-refractivity contribution in [2.45, 2.75) is 19.3 Å². The Morgan fingerprint density at radius 2 is 1.95 bits per heavy atom. The van der Waals surface area contributed by atoms with Gasteiger partial charge in [-0.2, -0.15) is 0 Å². The number of pyridine rings is 1. The standard InChI is InChI=1S/C17H17ClN4/c18-14-5-4-12(22-8-2-1-3-9-22)10-13(14)17-20-15-6-7-19-11-16(15)21-17/h4-7,10-11H,1-3,8-9H2,(H,20,21). The van der Waals surface area contributed by atoms with E-state index in [1.54, 1.807) is 12.4 Å². The lowest BCUT2D eigenvalue weighted by atomic mass is 10.1. The number of benzene rings is 1. The lowest BCUT2D eigenvalue weighted by Gasteiger charge is -2.29. The Morgan fingerprint density at radius 3 is 2.77 bits per heavy atom. The fraction of sp³-hybridized carbons (Fsp3) is 0.294. The predicted octanol–water partition coefficient (Wildman–Crippen LogP) is 4.27. The molecule has 0 amide bonds. The van der Waals surface area contributed by atoms with Crippen LogP contribution < -0.4 is 4.90 Å². The van der Waals surface area contributed by atoms with Crippen LogP contribution in [0.15, 0.2) is 36.7 Å². The minimum atomic E-state index is 0.716. The van der Waals surface area contributed by atoms with Crippen LogP contribution in [0.3, 0.4) is 0 Å². The van der Waals surface area contributed by atoms with Gasteiger partial charge in [0.05, 0.1) is 22.3 Å². The summed E-state index contributed by atoms with van der Waals surface area (Å²) in [5, 5.41) is 0.716. The van der Waals surface area contributed by atoms with Gasteiger partial charge >= 0.3 is 0 Å². The highest BCUT2D eigenvalue weighted by molar-refractivity contribution is 6.33. The number of fused-ring (bicyclic) bond motifs is 1. The number of imidazole rings is 1. The van der Waals surface area contributed by atoms with Gasteiger partial charge < -0.3 is 9.88 Å². The predicted molar refractivity (Wildman–Crippen MR) is 90.4 cm³/mol. The van der Waals surface area contributed by atoms with Crippen LogP contribution in [0.2, 0.25) is 5.02 Å². The van der Waals surface area contributed by atoms with Crippen molar-refractivity contribution in [2.24, 2.45) is 0 Å². The summed E-state index contributed by atoms with van der Waals surface area (Å²) in [6, 6.07) is 8.10. The molecule has 0 unspecified atom stereocenters. The smallest absolute Gasteiger partial charge is 0.140 e. The molecule has 22 heavy (non-hydrogen) atoms. The summed E-state index contributed by atoms with van der Waals surface area (Å²) in [4.78, 5) is 14.5. The van der Waals surface area contributed by atoms with Gasteiger partial charge in [-0.15, -0.1) is 0 Å². The molecule has 4 rings (SSSR count). The summed E-state index contributed by atoms with van der Waals surface area (Å²) in [7, 11) is 0. The minimum Gasteiger partial charge on any atom is -0.372 e. The minimum absolute atomic E-state index is 0.716.